The number of hydrogen-bond acceptors (Lipinski definition) is 1. The Labute approximate surface area is 74.7 Å². The highest BCUT2D eigenvalue weighted by molar-refractivity contribution is 5.77. The highest BCUT2D eigenvalue weighted by Crippen LogP contribution is 2.36. The fraction of sp³-hybridized carbons (Fsp3) is 0.900. The van der Waals surface area contributed by atoms with E-state index in [2.05, 4.69) is 26.1 Å². The minimum Gasteiger partial charge on any atom is -0.356 e. The highest BCUT2D eigenvalue weighted by Gasteiger charge is 2.35. The second kappa shape index (κ2) is 3.46. The molecule has 0 spiro atoms. The van der Waals surface area contributed by atoms with Gasteiger partial charge in [-0.05, 0) is 17.8 Å². The van der Waals surface area contributed by atoms with E-state index in [1.54, 1.807) is 0 Å². The van der Waals surface area contributed by atoms with Crippen molar-refractivity contribution in [3.63, 3.8) is 0 Å². The summed E-state index contributed by atoms with van der Waals surface area (Å²) in [5.41, 5.74) is 0.336. The zero-order valence-corrected chi connectivity index (χ0v) is 8.31. The number of amides is 1. The first-order valence-corrected chi connectivity index (χ1v) is 4.85. The third-order valence-corrected chi connectivity index (χ3v) is 3.19. The van der Waals surface area contributed by atoms with Gasteiger partial charge in [-0.15, -0.1) is 0 Å². The van der Waals surface area contributed by atoms with Crippen LogP contribution < -0.4 is 5.32 Å². The van der Waals surface area contributed by atoms with Gasteiger partial charge in [-0.3, -0.25) is 4.79 Å². The molecule has 2 heteroatoms. The second-order valence-electron chi connectivity index (χ2n) is 4.29. The molecule has 2 nitrogen and oxygen atoms in total. The molecule has 0 radical (unpaired) electrons. The number of rotatable bonds is 2. The van der Waals surface area contributed by atoms with Crippen LogP contribution in [0.2, 0.25) is 0 Å². The quantitative estimate of drug-likeness (QED) is 0.672. The fourth-order valence-electron chi connectivity index (χ4n) is 1.98. The summed E-state index contributed by atoms with van der Waals surface area (Å²) < 4.78 is 0. The molecule has 1 aliphatic rings. The van der Waals surface area contributed by atoms with E-state index in [0.717, 1.165) is 6.54 Å². The molecule has 1 fully saturated rings. The third-order valence-electron chi connectivity index (χ3n) is 3.19. The zero-order valence-electron chi connectivity index (χ0n) is 8.31. The van der Waals surface area contributed by atoms with Crippen molar-refractivity contribution in [1.29, 1.82) is 0 Å². The van der Waals surface area contributed by atoms with Crippen molar-refractivity contribution in [1.82, 2.24) is 5.32 Å². The van der Waals surface area contributed by atoms with E-state index in [9.17, 15) is 4.79 Å². The number of piperidine rings is 1. The Morgan fingerprint density at radius 2 is 2.33 bits per heavy atom. The number of carbonyl (C=O) groups is 1. The van der Waals surface area contributed by atoms with E-state index in [0.29, 0.717) is 17.8 Å². The van der Waals surface area contributed by atoms with E-state index < -0.39 is 0 Å². The third kappa shape index (κ3) is 1.79. The van der Waals surface area contributed by atoms with Gasteiger partial charge in [-0.2, -0.15) is 0 Å². The SMILES string of the molecule is CCC[C@@]1(C)CNC(=O)CC1C. The summed E-state index contributed by atoms with van der Waals surface area (Å²) in [7, 11) is 0. The van der Waals surface area contributed by atoms with Crippen LogP contribution in [0, 0.1) is 11.3 Å². The average molecular weight is 169 g/mol. The zero-order chi connectivity index (χ0) is 9.19. The lowest BCUT2D eigenvalue weighted by molar-refractivity contribution is -0.126. The van der Waals surface area contributed by atoms with Gasteiger partial charge < -0.3 is 5.32 Å². The molecule has 1 heterocycles. The van der Waals surface area contributed by atoms with Crippen molar-refractivity contribution in [2.45, 2.75) is 40.0 Å². The Hall–Kier alpha value is -0.530. The van der Waals surface area contributed by atoms with Crippen LogP contribution >= 0.6 is 0 Å². The Kier molecular flexibility index (Phi) is 2.76. The predicted octanol–water partition coefficient (Wildman–Crippen LogP) is 1.95. The van der Waals surface area contributed by atoms with Gasteiger partial charge in [0, 0.05) is 13.0 Å². The molecular formula is C10H19NO. The van der Waals surface area contributed by atoms with E-state index in [-0.39, 0.29) is 5.91 Å². The van der Waals surface area contributed by atoms with Crippen LogP contribution in [-0.2, 0) is 4.79 Å². The van der Waals surface area contributed by atoms with E-state index in [1.165, 1.54) is 12.8 Å². The summed E-state index contributed by atoms with van der Waals surface area (Å²) in [4.78, 5) is 11.1. The molecule has 0 saturated carbocycles. The Morgan fingerprint density at radius 1 is 1.67 bits per heavy atom. The maximum Gasteiger partial charge on any atom is 0.220 e. The number of hydrogen-bond donors (Lipinski definition) is 1. The van der Waals surface area contributed by atoms with Gasteiger partial charge in [0.05, 0.1) is 0 Å². The van der Waals surface area contributed by atoms with Crippen molar-refractivity contribution in [2.24, 2.45) is 11.3 Å². The summed E-state index contributed by atoms with van der Waals surface area (Å²) in [6, 6.07) is 0. The van der Waals surface area contributed by atoms with E-state index in [1.807, 2.05) is 0 Å². The molecule has 0 aromatic rings. The summed E-state index contributed by atoms with van der Waals surface area (Å²) in [5.74, 6) is 0.752. The molecule has 0 bridgehead atoms. The largest absolute Gasteiger partial charge is 0.356 e. The summed E-state index contributed by atoms with van der Waals surface area (Å²) >= 11 is 0. The molecule has 2 atom stereocenters. The van der Waals surface area contributed by atoms with Crippen molar-refractivity contribution < 1.29 is 4.79 Å². The van der Waals surface area contributed by atoms with Crippen molar-refractivity contribution in [3.05, 3.63) is 0 Å². The van der Waals surface area contributed by atoms with Crippen LogP contribution in [0.1, 0.15) is 40.0 Å². The Bertz CT molecular complexity index is 179. The topological polar surface area (TPSA) is 29.1 Å². The van der Waals surface area contributed by atoms with Gasteiger partial charge in [0.25, 0.3) is 0 Å². The lowest BCUT2D eigenvalue weighted by Gasteiger charge is -2.39. The molecule has 1 unspecified atom stereocenters. The summed E-state index contributed by atoms with van der Waals surface area (Å²) in [6.45, 7) is 7.53. The maximum absolute atomic E-state index is 11.1. The smallest absolute Gasteiger partial charge is 0.220 e. The molecule has 1 amide bonds. The van der Waals surface area contributed by atoms with Crippen LogP contribution in [0.5, 0.6) is 0 Å². The first kappa shape index (κ1) is 9.56. The number of nitrogens with one attached hydrogen (secondary N) is 1. The molecular weight excluding hydrogens is 150 g/mol. The Morgan fingerprint density at radius 3 is 2.83 bits per heavy atom. The van der Waals surface area contributed by atoms with Gasteiger partial charge in [0.15, 0.2) is 0 Å². The lowest BCUT2D eigenvalue weighted by Crippen LogP contribution is -2.46. The van der Waals surface area contributed by atoms with Gasteiger partial charge >= 0.3 is 0 Å². The molecule has 1 saturated heterocycles. The highest BCUT2D eigenvalue weighted by atomic mass is 16.1. The minimum absolute atomic E-state index is 0.219. The normalized spacial score (nSPS) is 36.2. The molecule has 70 valence electrons. The van der Waals surface area contributed by atoms with Crippen LogP contribution in [-0.4, -0.2) is 12.5 Å². The molecule has 1 aliphatic heterocycles. The first-order chi connectivity index (χ1) is 5.58. The summed E-state index contributed by atoms with van der Waals surface area (Å²) in [5, 5.41) is 2.95. The van der Waals surface area contributed by atoms with Crippen LogP contribution in [0.3, 0.4) is 0 Å². The molecule has 0 aromatic carbocycles. The maximum atomic E-state index is 11.1. The molecule has 1 rings (SSSR count). The van der Waals surface area contributed by atoms with Crippen LogP contribution in [0.15, 0.2) is 0 Å². The molecule has 1 N–H and O–H groups in total. The predicted molar refractivity (Wildman–Crippen MR) is 49.8 cm³/mol. The lowest BCUT2D eigenvalue weighted by atomic mass is 9.71. The molecule has 0 aromatic heterocycles. The standard InChI is InChI=1S/C10H19NO/c1-4-5-10(3)7-11-9(12)6-8(10)2/h8H,4-7H2,1-3H3,(H,11,12)/t8?,10-/m0/s1. The first-order valence-electron chi connectivity index (χ1n) is 4.85. The minimum atomic E-state index is 0.219. The van der Waals surface area contributed by atoms with Gasteiger partial charge in [-0.25, -0.2) is 0 Å². The summed E-state index contributed by atoms with van der Waals surface area (Å²) in [6.07, 6.45) is 3.13. The molecule has 0 aliphatic carbocycles. The van der Waals surface area contributed by atoms with Gasteiger partial charge in [-0.1, -0.05) is 27.2 Å². The average Bonchev–Trinajstić information content (AvgIpc) is 1.99. The van der Waals surface area contributed by atoms with Crippen LogP contribution in [0.25, 0.3) is 0 Å². The fourth-order valence-corrected chi connectivity index (χ4v) is 1.98. The van der Waals surface area contributed by atoms with Gasteiger partial charge in [0.2, 0.25) is 5.91 Å². The monoisotopic (exact) mass is 169 g/mol. The van der Waals surface area contributed by atoms with Crippen molar-refractivity contribution in [2.75, 3.05) is 6.54 Å². The Balaban J connectivity index is 2.59. The van der Waals surface area contributed by atoms with Crippen molar-refractivity contribution >= 4 is 5.91 Å². The second-order valence-corrected chi connectivity index (χ2v) is 4.29. The van der Waals surface area contributed by atoms with Crippen LogP contribution in [0.4, 0.5) is 0 Å². The van der Waals surface area contributed by atoms with Gasteiger partial charge in [0.1, 0.15) is 0 Å². The van der Waals surface area contributed by atoms with E-state index >= 15 is 0 Å². The molecule has 12 heavy (non-hydrogen) atoms. The number of carbonyl (C=O) groups excluding carboxylic acids is 1. The van der Waals surface area contributed by atoms with Crippen molar-refractivity contribution in [3.8, 4) is 0 Å². The van der Waals surface area contributed by atoms with E-state index in [4.69, 9.17) is 0 Å².